The Morgan fingerprint density at radius 3 is 2.26 bits per heavy atom. The van der Waals surface area contributed by atoms with Crippen molar-refractivity contribution in [2.45, 2.75) is 70.1 Å². The highest BCUT2D eigenvalue weighted by molar-refractivity contribution is 6.30. The molecule has 6 nitrogen and oxygen atoms in total. The molecular weight excluding hydrogens is 479 g/mol. The largest absolute Gasteiger partial charge is 0.471 e. The first-order valence-electron chi connectivity index (χ1n) is 11.7. The lowest BCUT2D eigenvalue weighted by Crippen LogP contribution is -2.53. The molecule has 0 bridgehead atoms. The molecule has 1 aromatic carbocycles. The first kappa shape index (κ1) is 27.0. The topological polar surface area (TPSA) is 61.4 Å². The van der Waals surface area contributed by atoms with Gasteiger partial charge in [0.05, 0.1) is 0 Å². The molecule has 0 saturated heterocycles. The fourth-order valence-corrected chi connectivity index (χ4v) is 4.74. The number of carbonyl (C=O) groups is 1. The lowest BCUT2D eigenvalue weighted by molar-refractivity contribution is -0.189. The molecule has 1 N–H and O–H groups in total. The molecule has 0 aliphatic heterocycles. The van der Waals surface area contributed by atoms with Crippen molar-refractivity contribution < 1.29 is 18.0 Å². The Morgan fingerprint density at radius 1 is 1.11 bits per heavy atom. The van der Waals surface area contributed by atoms with Crippen LogP contribution in [0.25, 0.3) is 0 Å². The van der Waals surface area contributed by atoms with E-state index in [0.29, 0.717) is 36.7 Å². The molecule has 10 heteroatoms. The van der Waals surface area contributed by atoms with Crippen molar-refractivity contribution in [3.63, 3.8) is 0 Å². The van der Waals surface area contributed by atoms with E-state index in [2.05, 4.69) is 15.3 Å². The third-order valence-electron chi connectivity index (χ3n) is 6.53. The Kier molecular flexibility index (Phi) is 8.19. The molecule has 2 aromatic rings. The van der Waals surface area contributed by atoms with E-state index in [-0.39, 0.29) is 12.6 Å². The number of amides is 1. The number of hydrogen-bond acceptors (Lipinski definition) is 5. The Hall–Kier alpha value is -2.55. The van der Waals surface area contributed by atoms with E-state index >= 15 is 0 Å². The minimum Gasteiger partial charge on any atom is -0.362 e. The van der Waals surface area contributed by atoms with Crippen LogP contribution >= 0.6 is 11.6 Å². The van der Waals surface area contributed by atoms with Gasteiger partial charge in [0.1, 0.15) is 5.82 Å². The maximum atomic E-state index is 13.5. The Bertz CT molecular complexity index is 1020. The molecule has 1 fully saturated rings. The molecule has 1 saturated carbocycles. The van der Waals surface area contributed by atoms with Gasteiger partial charge in [-0.3, -0.25) is 4.79 Å². The smallest absolute Gasteiger partial charge is 0.362 e. The average molecular weight is 512 g/mol. The van der Waals surface area contributed by atoms with Crippen molar-refractivity contribution in [1.82, 2.24) is 14.9 Å². The van der Waals surface area contributed by atoms with Crippen molar-refractivity contribution in [2.75, 3.05) is 30.9 Å². The molecule has 1 amide bonds. The van der Waals surface area contributed by atoms with Crippen molar-refractivity contribution in [3.05, 3.63) is 46.6 Å². The van der Waals surface area contributed by atoms with Gasteiger partial charge >= 0.3 is 12.1 Å². The number of benzene rings is 1. The molecule has 0 spiro atoms. The minimum atomic E-state index is -4.93. The lowest BCUT2D eigenvalue weighted by Gasteiger charge is -2.41. The number of nitrogens with one attached hydrogen (secondary N) is 1. The molecule has 3 rings (SSSR count). The highest BCUT2D eigenvalue weighted by Gasteiger charge is 2.46. The minimum absolute atomic E-state index is 0.0242. The molecule has 35 heavy (non-hydrogen) atoms. The van der Waals surface area contributed by atoms with Gasteiger partial charge in [0, 0.05) is 54.9 Å². The second-order valence-electron chi connectivity index (χ2n) is 10.1. The van der Waals surface area contributed by atoms with E-state index in [4.69, 9.17) is 11.6 Å². The first-order chi connectivity index (χ1) is 16.3. The van der Waals surface area contributed by atoms with Crippen LogP contribution in [0.3, 0.4) is 0 Å². The third-order valence-corrected chi connectivity index (χ3v) is 6.79. The number of nitrogens with zero attached hydrogens (tertiary/aromatic N) is 4. The van der Waals surface area contributed by atoms with Gasteiger partial charge in [0.25, 0.3) is 0 Å². The summed E-state index contributed by atoms with van der Waals surface area (Å²) in [7, 11) is 3.81. The zero-order valence-corrected chi connectivity index (χ0v) is 21.5. The number of aryl methyl sites for hydroxylation is 1. The van der Waals surface area contributed by atoms with Crippen LogP contribution in [0.4, 0.5) is 24.9 Å². The molecule has 1 aromatic heterocycles. The van der Waals surface area contributed by atoms with Crippen molar-refractivity contribution >= 4 is 29.3 Å². The Morgan fingerprint density at radius 2 is 1.71 bits per heavy atom. The maximum absolute atomic E-state index is 13.5. The quantitative estimate of drug-likeness (QED) is 0.524. The summed E-state index contributed by atoms with van der Waals surface area (Å²) in [5.41, 5.74) is 1.10. The van der Waals surface area contributed by atoms with E-state index in [1.165, 1.54) is 0 Å². The van der Waals surface area contributed by atoms with Crippen LogP contribution in [0.2, 0.25) is 5.02 Å². The fourth-order valence-electron chi connectivity index (χ4n) is 4.62. The van der Waals surface area contributed by atoms with Gasteiger partial charge < -0.3 is 15.1 Å². The van der Waals surface area contributed by atoms with E-state index in [1.807, 2.05) is 39.8 Å². The molecule has 1 aliphatic rings. The predicted molar refractivity (Wildman–Crippen MR) is 133 cm³/mol. The van der Waals surface area contributed by atoms with Gasteiger partial charge in [-0.25, -0.2) is 4.98 Å². The molecule has 0 atom stereocenters. The number of rotatable bonds is 7. The zero-order valence-electron chi connectivity index (χ0n) is 20.8. The van der Waals surface area contributed by atoms with Gasteiger partial charge in [0.15, 0.2) is 0 Å². The summed E-state index contributed by atoms with van der Waals surface area (Å²) >= 11 is 5.97. The molecule has 1 aliphatic carbocycles. The van der Waals surface area contributed by atoms with Crippen LogP contribution in [0.15, 0.2) is 30.5 Å². The highest BCUT2D eigenvalue weighted by atomic mass is 35.5. The number of alkyl halides is 3. The van der Waals surface area contributed by atoms with Crippen LogP contribution in [-0.2, 0) is 10.2 Å². The van der Waals surface area contributed by atoms with Crippen LogP contribution in [-0.4, -0.2) is 59.7 Å². The summed E-state index contributed by atoms with van der Waals surface area (Å²) in [6.45, 7) is 5.58. The van der Waals surface area contributed by atoms with Crippen molar-refractivity contribution in [3.8, 4) is 0 Å². The fraction of sp³-hybridized carbons (Fsp3) is 0.560. The van der Waals surface area contributed by atoms with E-state index in [9.17, 15) is 18.0 Å². The van der Waals surface area contributed by atoms with Gasteiger partial charge in [-0.1, -0.05) is 37.6 Å². The number of carbonyl (C=O) groups excluding carboxylic acids is 1. The SMILES string of the molecule is Cc1cnc(NC2CCC(N(CC(C)(C)c3ccc(Cl)cc3)C(=O)C(F)(F)F)CC2)nc1N(C)C. The van der Waals surface area contributed by atoms with Crippen LogP contribution < -0.4 is 10.2 Å². The Balaban J connectivity index is 1.72. The molecular formula is C25H33ClF3N5O. The summed E-state index contributed by atoms with van der Waals surface area (Å²) < 4.78 is 40.6. The van der Waals surface area contributed by atoms with Crippen molar-refractivity contribution in [2.24, 2.45) is 0 Å². The number of anilines is 2. The summed E-state index contributed by atoms with van der Waals surface area (Å²) in [6, 6.07) is 6.54. The average Bonchev–Trinajstić information content (AvgIpc) is 2.78. The van der Waals surface area contributed by atoms with Gasteiger partial charge in [0.2, 0.25) is 5.95 Å². The van der Waals surface area contributed by atoms with E-state index < -0.39 is 23.5 Å². The standard InChI is InChI=1S/C25H33ClF3N5O/c1-16-14-30-23(32-21(16)33(4)5)31-19-10-12-20(13-11-19)34(22(35)25(27,28)29)15-24(2,3)17-6-8-18(26)9-7-17/h6-9,14,19-20H,10-13,15H2,1-5H3,(H,30,31,32). The summed E-state index contributed by atoms with van der Waals surface area (Å²) in [5, 5.41) is 3.86. The van der Waals surface area contributed by atoms with Crippen LogP contribution in [0, 0.1) is 6.92 Å². The number of aromatic nitrogens is 2. The normalized spacial score (nSPS) is 18.8. The molecule has 192 valence electrons. The third kappa shape index (κ3) is 6.78. The molecule has 0 radical (unpaired) electrons. The Labute approximate surface area is 209 Å². The maximum Gasteiger partial charge on any atom is 0.471 e. The predicted octanol–water partition coefficient (Wildman–Crippen LogP) is 5.60. The molecule has 1 heterocycles. The number of hydrogen-bond donors (Lipinski definition) is 1. The second-order valence-corrected chi connectivity index (χ2v) is 10.5. The van der Waals surface area contributed by atoms with Gasteiger partial charge in [-0.2, -0.15) is 18.2 Å². The summed E-state index contributed by atoms with van der Waals surface area (Å²) in [6.07, 6.45) is -1.03. The van der Waals surface area contributed by atoms with Crippen LogP contribution in [0.5, 0.6) is 0 Å². The zero-order chi connectivity index (χ0) is 26.0. The van der Waals surface area contributed by atoms with E-state index in [1.54, 1.807) is 30.5 Å². The lowest BCUT2D eigenvalue weighted by atomic mass is 9.82. The number of halogens is 4. The van der Waals surface area contributed by atoms with Gasteiger partial charge in [-0.05, 0) is 50.3 Å². The van der Waals surface area contributed by atoms with Crippen molar-refractivity contribution in [1.29, 1.82) is 0 Å². The first-order valence-corrected chi connectivity index (χ1v) is 12.1. The van der Waals surface area contributed by atoms with E-state index in [0.717, 1.165) is 21.8 Å². The van der Waals surface area contributed by atoms with Crippen LogP contribution in [0.1, 0.15) is 50.7 Å². The monoisotopic (exact) mass is 511 g/mol. The second kappa shape index (κ2) is 10.6. The van der Waals surface area contributed by atoms with Gasteiger partial charge in [-0.15, -0.1) is 0 Å². The highest BCUT2D eigenvalue weighted by Crippen LogP contribution is 2.33. The summed E-state index contributed by atoms with van der Waals surface area (Å²) in [5.74, 6) is -0.481. The molecule has 0 unspecified atom stereocenters. The summed E-state index contributed by atoms with van der Waals surface area (Å²) in [4.78, 5) is 24.3.